The first kappa shape index (κ1) is 51.2. The van der Waals surface area contributed by atoms with Crippen molar-refractivity contribution in [2.45, 2.75) is 194 Å². The minimum Gasteiger partial charge on any atom is -0.466 e. The fraction of sp³-hybridized carbons (Fsp3) is 0.804. The van der Waals surface area contributed by atoms with Crippen molar-refractivity contribution in [2.75, 3.05) is 52.3 Å². The van der Waals surface area contributed by atoms with E-state index in [0.717, 1.165) is 36.1 Å². The lowest BCUT2D eigenvalue weighted by molar-refractivity contribution is -0.144. The lowest BCUT2D eigenvalue weighted by atomic mass is 10.0. The summed E-state index contributed by atoms with van der Waals surface area (Å²) in [5.41, 5.74) is 1.37. The van der Waals surface area contributed by atoms with E-state index in [0.29, 0.717) is 94.9 Å². The molecular formula is C46H80N4O7S. The zero-order chi connectivity index (χ0) is 42.2. The largest absolute Gasteiger partial charge is 0.466 e. The van der Waals surface area contributed by atoms with Crippen LogP contribution >= 0.6 is 11.3 Å². The highest BCUT2D eigenvalue weighted by atomic mass is 32.1. The van der Waals surface area contributed by atoms with Crippen molar-refractivity contribution in [2.24, 2.45) is 0 Å². The molecule has 332 valence electrons. The molecule has 0 saturated carbocycles. The topological polar surface area (TPSA) is 134 Å². The molecule has 1 aromatic rings. The van der Waals surface area contributed by atoms with Crippen LogP contribution in [0.15, 0.2) is 0 Å². The predicted molar refractivity (Wildman–Crippen MR) is 236 cm³/mol. The van der Waals surface area contributed by atoms with E-state index < -0.39 is 0 Å². The van der Waals surface area contributed by atoms with E-state index >= 15 is 0 Å². The summed E-state index contributed by atoms with van der Waals surface area (Å²) in [5, 5.41) is 6.49. The number of unbranched alkanes of at least 4 members (excludes halogenated alkanes) is 18. The maximum absolute atomic E-state index is 13.5. The standard InChI is InChI=1S/C46H80N4O7S/c1-5-7-9-11-13-15-17-19-25-35-56-42(53)29-23-21-27-40(51)48-46-44(45(55)47-32-34-49(3)4)38-31-33-50(37-39(38)58-46)41(52)28-22-24-30-43(54)57-36-26-20-18-16-14-12-10-8-6-2/h5-37H2,1-4H3,(H,47,55)(H,48,51). The molecular weight excluding hydrogens is 753 g/mol. The number of nitrogens with zero attached hydrogens (tertiary/aromatic N) is 2. The third-order valence-corrected chi connectivity index (χ3v) is 11.9. The Morgan fingerprint density at radius 1 is 0.638 bits per heavy atom. The van der Waals surface area contributed by atoms with Gasteiger partial charge in [-0.1, -0.05) is 117 Å². The molecule has 0 atom stereocenters. The number of anilines is 1. The van der Waals surface area contributed by atoms with E-state index in [4.69, 9.17) is 9.47 Å². The number of carbonyl (C=O) groups excluding carboxylic acids is 5. The molecule has 58 heavy (non-hydrogen) atoms. The van der Waals surface area contributed by atoms with Gasteiger partial charge in [-0.15, -0.1) is 11.3 Å². The normalized spacial score (nSPS) is 12.4. The summed E-state index contributed by atoms with van der Waals surface area (Å²) >= 11 is 1.36. The van der Waals surface area contributed by atoms with E-state index in [2.05, 4.69) is 24.5 Å². The Hall–Kier alpha value is -2.99. The Morgan fingerprint density at radius 2 is 1.12 bits per heavy atom. The molecule has 0 saturated heterocycles. The second kappa shape index (κ2) is 32.8. The number of likely N-dealkylation sites (N-methyl/N-ethyl adjacent to an activating group) is 1. The minimum atomic E-state index is -0.228. The first-order valence-electron chi connectivity index (χ1n) is 23.1. The molecule has 1 aliphatic heterocycles. The smallest absolute Gasteiger partial charge is 0.305 e. The molecule has 2 rings (SSSR count). The monoisotopic (exact) mass is 833 g/mol. The molecule has 3 amide bonds. The van der Waals surface area contributed by atoms with Crippen LogP contribution in [0.5, 0.6) is 0 Å². The summed E-state index contributed by atoms with van der Waals surface area (Å²) in [6, 6.07) is 0. The average Bonchev–Trinajstić information content (AvgIpc) is 3.56. The number of carbonyl (C=O) groups is 5. The van der Waals surface area contributed by atoms with Gasteiger partial charge in [-0.2, -0.15) is 0 Å². The van der Waals surface area contributed by atoms with Gasteiger partial charge in [0.05, 0.1) is 25.3 Å². The van der Waals surface area contributed by atoms with Gasteiger partial charge in [-0.05, 0) is 64.6 Å². The molecule has 0 aromatic carbocycles. The summed E-state index contributed by atoms with van der Waals surface area (Å²) in [6.45, 7) is 7.41. The van der Waals surface area contributed by atoms with Crippen molar-refractivity contribution in [3.63, 3.8) is 0 Å². The number of nitrogens with one attached hydrogen (secondary N) is 2. The van der Waals surface area contributed by atoms with Gasteiger partial charge in [-0.3, -0.25) is 24.0 Å². The first-order chi connectivity index (χ1) is 28.2. The van der Waals surface area contributed by atoms with Gasteiger partial charge in [0, 0.05) is 50.2 Å². The van der Waals surface area contributed by atoms with Crippen LogP contribution < -0.4 is 10.6 Å². The highest BCUT2D eigenvalue weighted by molar-refractivity contribution is 7.17. The third-order valence-electron chi connectivity index (χ3n) is 10.8. The molecule has 1 aliphatic rings. The Balaban J connectivity index is 1.74. The average molecular weight is 833 g/mol. The van der Waals surface area contributed by atoms with Crippen LogP contribution in [0.1, 0.15) is 202 Å². The quantitative estimate of drug-likeness (QED) is 0.0510. The molecule has 0 radical (unpaired) electrons. The van der Waals surface area contributed by atoms with Crippen LogP contribution in [0.4, 0.5) is 5.00 Å². The number of fused-ring (bicyclic) bond motifs is 1. The molecule has 1 aromatic heterocycles. The van der Waals surface area contributed by atoms with Crippen molar-refractivity contribution in [1.29, 1.82) is 0 Å². The number of ether oxygens (including phenoxy) is 2. The van der Waals surface area contributed by atoms with Crippen LogP contribution in [-0.2, 0) is 41.6 Å². The van der Waals surface area contributed by atoms with Crippen molar-refractivity contribution < 1.29 is 33.4 Å². The van der Waals surface area contributed by atoms with Crippen LogP contribution in [0.2, 0.25) is 0 Å². The lowest BCUT2D eigenvalue weighted by Crippen LogP contribution is -2.36. The highest BCUT2D eigenvalue weighted by Crippen LogP contribution is 2.37. The molecule has 0 spiro atoms. The first-order valence-corrected chi connectivity index (χ1v) is 23.9. The van der Waals surface area contributed by atoms with Crippen LogP contribution in [0, 0.1) is 0 Å². The molecule has 0 unspecified atom stereocenters. The zero-order valence-electron chi connectivity index (χ0n) is 37.0. The highest BCUT2D eigenvalue weighted by Gasteiger charge is 2.30. The van der Waals surface area contributed by atoms with E-state index in [1.54, 1.807) is 0 Å². The summed E-state index contributed by atoms with van der Waals surface area (Å²) in [4.78, 5) is 68.9. The fourth-order valence-corrected chi connectivity index (χ4v) is 8.49. The van der Waals surface area contributed by atoms with Crippen molar-refractivity contribution in [3.8, 4) is 0 Å². The maximum Gasteiger partial charge on any atom is 0.305 e. The van der Waals surface area contributed by atoms with Gasteiger partial charge >= 0.3 is 11.9 Å². The van der Waals surface area contributed by atoms with Crippen molar-refractivity contribution >= 4 is 46.0 Å². The third kappa shape index (κ3) is 23.6. The molecule has 0 bridgehead atoms. The number of amides is 3. The minimum absolute atomic E-state index is 0.0244. The van der Waals surface area contributed by atoms with Gasteiger partial charge in [0.1, 0.15) is 5.00 Å². The SMILES string of the molecule is CCCCCCCCCCCOC(=O)CCCCC(=O)Nc1sc2c(c1C(=O)NCCN(C)C)CCN(C(=O)CCCCC(=O)OCCCCCCCCCCC)C2. The molecule has 2 heterocycles. The van der Waals surface area contributed by atoms with E-state index in [1.807, 2.05) is 23.9 Å². The van der Waals surface area contributed by atoms with Gasteiger partial charge in [0.25, 0.3) is 5.91 Å². The summed E-state index contributed by atoms with van der Waals surface area (Å²) in [7, 11) is 3.89. The van der Waals surface area contributed by atoms with Crippen LogP contribution in [-0.4, -0.2) is 86.4 Å². The number of thiophene rings is 1. The number of hydrogen-bond donors (Lipinski definition) is 2. The Bertz CT molecular complexity index is 1320. The molecule has 12 heteroatoms. The Labute approximate surface area is 355 Å². The maximum atomic E-state index is 13.5. The zero-order valence-corrected chi connectivity index (χ0v) is 37.8. The predicted octanol–water partition coefficient (Wildman–Crippen LogP) is 10.1. The van der Waals surface area contributed by atoms with Crippen molar-refractivity contribution in [1.82, 2.24) is 15.1 Å². The molecule has 0 aliphatic carbocycles. The fourth-order valence-electron chi connectivity index (χ4n) is 7.22. The van der Waals surface area contributed by atoms with Gasteiger partial charge in [-0.25, -0.2) is 0 Å². The second-order valence-electron chi connectivity index (χ2n) is 16.4. The second-order valence-corrected chi connectivity index (χ2v) is 17.5. The lowest BCUT2D eigenvalue weighted by Gasteiger charge is -2.27. The molecule has 11 nitrogen and oxygen atoms in total. The van der Waals surface area contributed by atoms with Crippen LogP contribution in [0.25, 0.3) is 0 Å². The van der Waals surface area contributed by atoms with Crippen molar-refractivity contribution in [3.05, 3.63) is 16.0 Å². The van der Waals surface area contributed by atoms with Gasteiger partial charge < -0.3 is 29.9 Å². The van der Waals surface area contributed by atoms with Crippen LogP contribution in [0.3, 0.4) is 0 Å². The van der Waals surface area contributed by atoms with E-state index in [-0.39, 0.29) is 42.5 Å². The Morgan fingerprint density at radius 3 is 1.64 bits per heavy atom. The van der Waals surface area contributed by atoms with E-state index in [1.165, 1.54) is 101 Å². The van der Waals surface area contributed by atoms with Gasteiger partial charge in [0.2, 0.25) is 11.8 Å². The van der Waals surface area contributed by atoms with E-state index in [9.17, 15) is 24.0 Å². The summed E-state index contributed by atoms with van der Waals surface area (Å²) in [6.07, 6.45) is 25.9. The molecule has 2 N–H and O–H groups in total. The number of esters is 2. The Kier molecular flexibility index (Phi) is 28.9. The summed E-state index contributed by atoms with van der Waals surface area (Å²) in [5.74, 6) is -0.820. The number of rotatable bonds is 35. The summed E-state index contributed by atoms with van der Waals surface area (Å²) < 4.78 is 10.8. The molecule has 0 fully saturated rings. The number of hydrogen-bond acceptors (Lipinski definition) is 9. The van der Waals surface area contributed by atoms with Gasteiger partial charge in [0.15, 0.2) is 0 Å².